The number of anilines is 1. The Balaban J connectivity index is 0.000000155. The summed E-state index contributed by atoms with van der Waals surface area (Å²) in [6.45, 7) is 0.717. The molecule has 188 valence electrons. The largest absolute Gasteiger partial charge is 0.481 e. The van der Waals surface area contributed by atoms with Crippen LogP contribution >= 0.6 is 0 Å². The van der Waals surface area contributed by atoms with Crippen molar-refractivity contribution < 1.29 is 19.8 Å². The van der Waals surface area contributed by atoms with Gasteiger partial charge >= 0.3 is 11.9 Å². The summed E-state index contributed by atoms with van der Waals surface area (Å²) in [5.74, 6) is -2.08. The average molecular weight is 503 g/mol. The average Bonchev–Trinajstić information content (AvgIpc) is 2.97. The highest BCUT2D eigenvalue weighted by atomic mass is 16.4. The Bertz CT molecular complexity index is 1600. The molecule has 4 aromatic carbocycles. The van der Waals surface area contributed by atoms with E-state index in [0.717, 1.165) is 33.5 Å². The Labute approximate surface area is 220 Å². The number of nitrogens with one attached hydrogen (secondary N) is 1. The maximum atomic E-state index is 11.3. The first-order valence-electron chi connectivity index (χ1n) is 12.3. The van der Waals surface area contributed by atoms with Crippen LogP contribution < -0.4 is 5.32 Å². The monoisotopic (exact) mass is 502 g/mol. The highest BCUT2D eigenvalue weighted by molar-refractivity contribution is 6.03. The minimum atomic E-state index is -0.933. The second-order valence-corrected chi connectivity index (χ2v) is 9.04. The number of rotatable bonds is 4. The molecule has 3 N–H and O–H groups in total. The minimum absolute atomic E-state index is 0.280. The number of fused-ring (bicyclic) bond motifs is 2. The van der Waals surface area contributed by atoms with Crippen LogP contribution in [0.25, 0.3) is 33.2 Å². The molecule has 1 aliphatic heterocycles. The third kappa shape index (κ3) is 5.25. The molecular weight excluding hydrogens is 476 g/mol. The van der Waals surface area contributed by atoms with E-state index in [1.165, 1.54) is 12.3 Å². The van der Waals surface area contributed by atoms with E-state index in [-0.39, 0.29) is 5.56 Å². The maximum absolute atomic E-state index is 11.3. The Morgan fingerprint density at radius 2 is 1.37 bits per heavy atom. The maximum Gasteiger partial charge on any atom is 0.336 e. The number of nitrogens with zero attached hydrogens (tertiary/aromatic N) is 1. The van der Waals surface area contributed by atoms with Crippen LogP contribution in [0, 0.1) is 0 Å². The molecule has 6 nitrogen and oxygen atoms in total. The van der Waals surface area contributed by atoms with Crippen molar-refractivity contribution in [3.05, 3.63) is 120 Å². The molecule has 1 aromatic heterocycles. The van der Waals surface area contributed by atoms with Gasteiger partial charge in [-0.15, -0.1) is 0 Å². The van der Waals surface area contributed by atoms with Gasteiger partial charge in [-0.25, -0.2) is 4.79 Å². The molecular formula is C32H26N2O4. The fourth-order valence-electron chi connectivity index (χ4n) is 4.73. The zero-order chi connectivity index (χ0) is 26.5. The third-order valence-electron chi connectivity index (χ3n) is 6.66. The summed E-state index contributed by atoms with van der Waals surface area (Å²) in [6.07, 6.45) is 2.16. The molecule has 0 fully saturated rings. The van der Waals surface area contributed by atoms with Crippen LogP contribution in [0.2, 0.25) is 0 Å². The first-order chi connectivity index (χ1) is 18.5. The topological polar surface area (TPSA) is 99.5 Å². The smallest absolute Gasteiger partial charge is 0.336 e. The summed E-state index contributed by atoms with van der Waals surface area (Å²) < 4.78 is 0. The minimum Gasteiger partial charge on any atom is -0.481 e. The van der Waals surface area contributed by atoms with Gasteiger partial charge < -0.3 is 15.5 Å². The van der Waals surface area contributed by atoms with Crippen LogP contribution in [0.1, 0.15) is 28.3 Å². The number of carboxylic acids is 2. The summed E-state index contributed by atoms with van der Waals surface area (Å²) in [5, 5.41) is 22.5. The summed E-state index contributed by atoms with van der Waals surface area (Å²) in [4.78, 5) is 26.8. The fourth-order valence-corrected chi connectivity index (χ4v) is 4.73. The summed E-state index contributed by atoms with van der Waals surface area (Å²) in [7, 11) is 0. The van der Waals surface area contributed by atoms with Gasteiger partial charge in [-0.1, -0.05) is 72.8 Å². The predicted octanol–water partition coefficient (Wildman–Crippen LogP) is 6.94. The van der Waals surface area contributed by atoms with Crippen molar-refractivity contribution in [1.29, 1.82) is 0 Å². The highest BCUT2D eigenvalue weighted by Gasteiger charge is 2.26. The summed E-state index contributed by atoms with van der Waals surface area (Å²) >= 11 is 0. The number of aromatic carboxylic acids is 1. The van der Waals surface area contributed by atoms with Gasteiger partial charge in [0.25, 0.3) is 0 Å². The van der Waals surface area contributed by atoms with E-state index in [1.54, 1.807) is 0 Å². The van der Waals surface area contributed by atoms with E-state index in [4.69, 9.17) is 0 Å². The normalized spacial score (nSPS) is 13.9. The van der Waals surface area contributed by atoms with E-state index < -0.39 is 17.9 Å². The Morgan fingerprint density at radius 1 is 0.737 bits per heavy atom. The van der Waals surface area contributed by atoms with Crippen LogP contribution in [-0.2, 0) is 4.79 Å². The van der Waals surface area contributed by atoms with Crippen LogP contribution in [0.4, 0.5) is 5.69 Å². The second kappa shape index (κ2) is 11.0. The quantitative estimate of drug-likeness (QED) is 0.246. The lowest BCUT2D eigenvalue weighted by Gasteiger charge is -2.24. The van der Waals surface area contributed by atoms with Crippen LogP contribution in [0.15, 0.2) is 109 Å². The molecule has 1 atom stereocenters. The molecule has 0 aliphatic carbocycles. The molecule has 2 heterocycles. The van der Waals surface area contributed by atoms with E-state index in [1.807, 2.05) is 97.1 Å². The molecule has 1 aliphatic rings. The molecule has 0 saturated heterocycles. The standard InChI is InChI=1S/C16H15NO2.C16H11NO2/c2*18-16(19)13-8-9-17-15-7-6-12(10-14(13)15)11-4-2-1-3-5-11/h1-7,10,13,17H,8-9H2,(H,18,19);1-10H,(H,18,19). The number of benzene rings is 4. The molecule has 0 radical (unpaired) electrons. The highest BCUT2D eigenvalue weighted by Crippen LogP contribution is 2.35. The van der Waals surface area contributed by atoms with E-state index in [0.29, 0.717) is 23.9 Å². The van der Waals surface area contributed by atoms with E-state index >= 15 is 0 Å². The van der Waals surface area contributed by atoms with Crippen molar-refractivity contribution in [2.24, 2.45) is 0 Å². The first kappa shape index (κ1) is 24.7. The molecule has 0 saturated carbocycles. The number of carbonyl (C=O) groups is 2. The van der Waals surface area contributed by atoms with Crippen LogP contribution in [0.3, 0.4) is 0 Å². The lowest BCUT2D eigenvalue weighted by Crippen LogP contribution is -2.22. The van der Waals surface area contributed by atoms with Crippen LogP contribution in [-0.4, -0.2) is 33.7 Å². The molecule has 0 bridgehead atoms. The fraction of sp³-hybridized carbons (Fsp3) is 0.0938. The van der Waals surface area contributed by atoms with Gasteiger partial charge in [0.2, 0.25) is 0 Å². The SMILES string of the molecule is O=C(O)C1CCNc2ccc(-c3ccccc3)cc21.O=C(O)c1ccnc2ccc(-c3ccccc3)cc12. The zero-order valence-corrected chi connectivity index (χ0v) is 20.5. The van der Waals surface area contributed by atoms with Gasteiger partial charge in [0.1, 0.15) is 0 Å². The first-order valence-corrected chi connectivity index (χ1v) is 12.3. The number of aromatic nitrogens is 1. The Hall–Kier alpha value is -4.97. The van der Waals surface area contributed by atoms with Crippen LogP contribution in [0.5, 0.6) is 0 Å². The van der Waals surface area contributed by atoms with E-state index in [9.17, 15) is 19.8 Å². The van der Waals surface area contributed by atoms with Gasteiger partial charge in [-0.3, -0.25) is 9.78 Å². The number of carboxylic acid groups (broad SMARTS) is 2. The molecule has 6 rings (SSSR count). The van der Waals surface area contributed by atoms with Gasteiger partial charge in [0.15, 0.2) is 0 Å². The molecule has 1 unspecified atom stereocenters. The van der Waals surface area contributed by atoms with E-state index in [2.05, 4.69) is 10.3 Å². The van der Waals surface area contributed by atoms with Crippen molar-refractivity contribution in [2.45, 2.75) is 12.3 Å². The molecule has 5 aromatic rings. The Kier molecular flexibility index (Phi) is 7.13. The summed E-state index contributed by atoms with van der Waals surface area (Å²) in [6, 6.07) is 33.1. The molecule has 38 heavy (non-hydrogen) atoms. The lowest BCUT2D eigenvalue weighted by molar-refractivity contribution is -0.138. The second-order valence-electron chi connectivity index (χ2n) is 9.04. The van der Waals surface area contributed by atoms with Gasteiger partial charge in [-0.2, -0.15) is 0 Å². The van der Waals surface area contributed by atoms with Gasteiger partial charge in [0.05, 0.1) is 17.0 Å². The third-order valence-corrected chi connectivity index (χ3v) is 6.66. The van der Waals surface area contributed by atoms with Crippen molar-refractivity contribution in [3.63, 3.8) is 0 Å². The van der Waals surface area contributed by atoms with Crippen molar-refractivity contribution in [1.82, 2.24) is 4.98 Å². The molecule has 6 heteroatoms. The molecule has 0 amide bonds. The number of hydrogen-bond donors (Lipinski definition) is 3. The van der Waals surface area contributed by atoms with Crippen molar-refractivity contribution >= 4 is 28.5 Å². The number of aliphatic carboxylic acids is 1. The summed E-state index contributed by atoms with van der Waals surface area (Å²) in [5.41, 5.74) is 7.03. The Morgan fingerprint density at radius 3 is 2.00 bits per heavy atom. The van der Waals surface area contributed by atoms with Gasteiger partial charge in [0, 0.05) is 23.8 Å². The lowest BCUT2D eigenvalue weighted by atomic mass is 9.88. The predicted molar refractivity (Wildman–Crippen MR) is 149 cm³/mol. The van der Waals surface area contributed by atoms with Gasteiger partial charge in [-0.05, 0) is 64.6 Å². The molecule has 0 spiro atoms. The number of pyridine rings is 1. The zero-order valence-electron chi connectivity index (χ0n) is 20.5. The van der Waals surface area contributed by atoms with Crippen molar-refractivity contribution in [3.8, 4) is 22.3 Å². The number of hydrogen-bond acceptors (Lipinski definition) is 4. The van der Waals surface area contributed by atoms with Crippen molar-refractivity contribution in [2.75, 3.05) is 11.9 Å².